The van der Waals surface area contributed by atoms with Crippen LogP contribution in [0.4, 0.5) is 24.7 Å². The normalized spacial score (nSPS) is 18.2. The van der Waals surface area contributed by atoms with Crippen LogP contribution in [0.25, 0.3) is 22.4 Å². The molecule has 0 spiro atoms. The van der Waals surface area contributed by atoms with Gasteiger partial charge in [0.05, 0.1) is 11.6 Å². The zero-order valence-electron chi connectivity index (χ0n) is 18.8. The molecule has 34 heavy (non-hydrogen) atoms. The number of carbonyl (C=O) groups excluding carboxylic acids is 1. The van der Waals surface area contributed by atoms with Gasteiger partial charge in [-0.05, 0) is 61.1 Å². The topological polar surface area (TPSA) is 58.1 Å². The van der Waals surface area contributed by atoms with Crippen LogP contribution in [0.5, 0.6) is 0 Å². The first-order valence-electron chi connectivity index (χ1n) is 11.4. The first-order chi connectivity index (χ1) is 16.3. The minimum Gasteiger partial charge on any atom is -0.371 e. The third kappa shape index (κ3) is 4.76. The van der Waals surface area contributed by atoms with Gasteiger partial charge in [-0.1, -0.05) is 24.3 Å². The highest BCUT2D eigenvalue weighted by Gasteiger charge is 2.43. The molecule has 1 aliphatic carbocycles. The molecule has 0 bridgehead atoms. The van der Waals surface area contributed by atoms with Crippen molar-refractivity contribution >= 4 is 17.4 Å². The van der Waals surface area contributed by atoms with Crippen LogP contribution in [0, 0.1) is 18.8 Å². The van der Waals surface area contributed by atoms with E-state index < -0.39 is 12.1 Å². The summed E-state index contributed by atoms with van der Waals surface area (Å²) in [5, 5.41) is 2.85. The molecule has 1 aromatic heterocycles. The number of halogens is 3. The van der Waals surface area contributed by atoms with E-state index in [2.05, 4.69) is 15.3 Å². The van der Waals surface area contributed by atoms with Crippen molar-refractivity contribution in [3.05, 3.63) is 60.4 Å². The average molecular weight is 467 g/mol. The Morgan fingerprint density at radius 1 is 1.03 bits per heavy atom. The smallest absolute Gasteiger partial charge is 0.371 e. The summed E-state index contributed by atoms with van der Waals surface area (Å²) in [5.74, 6) is -0.744. The number of aromatic nitrogens is 2. The van der Waals surface area contributed by atoms with Gasteiger partial charge in [0.1, 0.15) is 12.1 Å². The summed E-state index contributed by atoms with van der Waals surface area (Å²) in [6.07, 6.45) is -0.779. The predicted octanol–water partition coefficient (Wildman–Crippen LogP) is 5.86. The van der Waals surface area contributed by atoms with E-state index >= 15 is 0 Å². The molecule has 1 amide bonds. The van der Waals surface area contributed by atoms with E-state index in [4.69, 9.17) is 0 Å². The summed E-state index contributed by atoms with van der Waals surface area (Å²) in [6.45, 7) is 2.37. The molecular weight excluding hydrogens is 441 g/mol. The van der Waals surface area contributed by atoms with E-state index in [-0.39, 0.29) is 24.8 Å². The van der Waals surface area contributed by atoms with Crippen LogP contribution in [0.1, 0.15) is 24.8 Å². The van der Waals surface area contributed by atoms with Crippen molar-refractivity contribution in [3.8, 4) is 22.4 Å². The van der Waals surface area contributed by atoms with Gasteiger partial charge in [-0.25, -0.2) is 9.97 Å². The number of nitrogens with zero attached hydrogens (tertiary/aromatic N) is 3. The van der Waals surface area contributed by atoms with Gasteiger partial charge in [0, 0.05) is 36.3 Å². The molecule has 1 atom stereocenters. The summed E-state index contributed by atoms with van der Waals surface area (Å²) in [7, 11) is 0. The largest absolute Gasteiger partial charge is 0.393 e. The number of carbonyl (C=O) groups is 1. The van der Waals surface area contributed by atoms with E-state index in [9.17, 15) is 18.0 Å². The maximum atomic E-state index is 13.1. The summed E-state index contributed by atoms with van der Waals surface area (Å²) in [4.78, 5) is 22.4. The molecule has 176 valence electrons. The number of nitrogens with one attached hydrogen (secondary N) is 1. The van der Waals surface area contributed by atoms with Gasteiger partial charge in [-0.15, -0.1) is 0 Å². The lowest BCUT2D eigenvalue weighted by Gasteiger charge is -2.21. The number of rotatable bonds is 5. The number of aryl methyl sites for hydroxylation is 1. The molecule has 1 aliphatic heterocycles. The number of alkyl halides is 3. The van der Waals surface area contributed by atoms with Crippen molar-refractivity contribution in [1.82, 2.24) is 9.97 Å². The van der Waals surface area contributed by atoms with E-state index in [1.807, 2.05) is 54.3 Å². The van der Waals surface area contributed by atoms with E-state index in [1.165, 1.54) is 6.33 Å². The van der Waals surface area contributed by atoms with Crippen LogP contribution in [0.3, 0.4) is 0 Å². The summed E-state index contributed by atoms with van der Waals surface area (Å²) in [5.41, 5.74) is 5.29. The third-order valence-electron chi connectivity index (χ3n) is 6.57. The molecule has 0 radical (unpaired) electrons. The van der Waals surface area contributed by atoms with Gasteiger partial charge < -0.3 is 10.2 Å². The molecule has 5 nitrogen and oxygen atoms in total. The van der Waals surface area contributed by atoms with Crippen LogP contribution >= 0.6 is 0 Å². The molecule has 2 aliphatic rings. The Kier molecular flexibility index (Phi) is 5.75. The van der Waals surface area contributed by atoms with Gasteiger partial charge in [0.25, 0.3) is 0 Å². The fourth-order valence-corrected chi connectivity index (χ4v) is 4.38. The van der Waals surface area contributed by atoms with Gasteiger partial charge in [0.15, 0.2) is 0 Å². The standard InChI is InChI=1S/C26H25F3N4O/c1-16-5-8-21(33-10-9-20(14-33)26(27,28)29)12-22(16)18-3-2-4-19(11-18)23-13-24(31-15-30-23)32-25(34)17-6-7-17/h2-5,8,11-13,15,17,20H,6-7,9-10,14H2,1H3,(H,30,31,32,34). The van der Waals surface area contributed by atoms with Crippen LogP contribution in [-0.4, -0.2) is 35.1 Å². The van der Waals surface area contributed by atoms with Crippen LogP contribution < -0.4 is 10.2 Å². The highest BCUT2D eigenvalue weighted by atomic mass is 19.4. The van der Waals surface area contributed by atoms with Crippen LogP contribution in [-0.2, 0) is 4.79 Å². The van der Waals surface area contributed by atoms with Crippen LogP contribution in [0.15, 0.2) is 54.9 Å². The Morgan fingerprint density at radius 3 is 2.56 bits per heavy atom. The summed E-state index contributed by atoms with van der Waals surface area (Å²) >= 11 is 0. The van der Waals surface area contributed by atoms with Crippen molar-refractivity contribution in [1.29, 1.82) is 0 Å². The molecule has 1 unspecified atom stereocenters. The van der Waals surface area contributed by atoms with Gasteiger partial charge in [-0.3, -0.25) is 4.79 Å². The Hall–Kier alpha value is -3.42. The lowest BCUT2D eigenvalue weighted by Crippen LogP contribution is -2.27. The first kappa shape index (κ1) is 22.4. The van der Waals surface area contributed by atoms with Crippen molar-refractivity contribution in [3.63, 3.8) is 0 Å². The summed E-state index contributed by atoms with van der Waals surface area (Å²) in [6, 6.07) is 15.4. The van der Waals surface area contributed by atoms with Crippen molar-refractivity contribution in [2.45, 2.75) is 32.4 Å². The van der Waals surface area contributed by atoms with Gasteiger partial charge >= 0.3 is 6.18 Å². The third-order valence-corrected chi connectivity index (χ3v) is 6.57. The SMILES string of the molecule is Cc1ccc(N2CCC(C(F)(F)F)C2)cc1-c1cccc(-c2cc(NC(=O)C3CC3)ncn2)c1. The zero-order valence-corrected chi connectivity index (χ0v) is 18.8. The Bertz CT molecular complexity index is 1220. The monoisotopic (exact) mass is 466 g/mol. The number of anilines is 2. The minimum atomic E-state index is -4.16. The molecule has 5 rings (SSSR count). The molecule has 1 saturated carbocycles. The van der Waals surface area contributed by atoms with Crippen molar-refractivity contribution < 1.29 is 18.0 Å². The zero-order chi connectivity index (χ0) is 23.9. The molecule has 2 fully saturated rings. The van der Waals surface area contributed by atoms with Gasteiger partial charge in [-0.2, -0.15) is 13.2 Å². The molecule has 1 saturated heterocycles. The Balaban J connectivity index is 1.40. The van der Waals surface area contributed by atoms with E-state index in [0.717, 1.165) is 40.8 Å². The first-order valence-corrected chi connectivity index (χ1v) is 11.4. The Morgan fingerprint density at radius 2 is 1.82 bits per heavy atom. The second-order valence-electron chi connectivity index (χ2n) is 9.11. The van der Waals surface area contributed by atoms with E-state index in [0.29, 0.717) is 18.1 Å². The number of amides is 1. The molecular formula is C26H25F3N4O. The van der Waals surface area contributed by atoms with Crippen LogP contribution in [0.2, 0.25) is 0 Å². The lowest BCUT2D eigenvalue weighted by atomic mass is 9.97. The molecule has 2 aromatic carbocycles. The second-order valence-corrected chi connectivity index (χ2v) is 9.11. The number of hydrogen-bond donors (Lipinski definition) is 1. The average Bonchev–Trinajstić information content (AvgIpc) is 3.55. The second kappa shape index (κ2) is 8.74. The highest BCUT2D eigenvalue weighted by Crippen LogP contribution is 2.37. The molecule has 3 aromatic rings. The highest BCUT2D eigenvalue weighted by molar-refractivity contribution is 5.93. The van der Waals surface area contributed by atoms with E-state index in [1.54, 1.807) is 6.07 Å². The fourth-order valence-electron chi connectivity index (χ4n) is 4.38. The summed E-state index contributed by atoms with van der Waals surface area (Å²) < 4.78 is 39.4. The van der Waals surface area contributed by atoms with Crippen molar-refractivity contribution in [2.75, 3.05) is 23.3 Å². The fraction of sp³-hybridized carbons (Fsp3) is 0.346. The maximum absolute atomic E-state index is 13.1. The minimum absolute atomic E-state index is 0.0116. The van der Waals surface area contributed by atoms with Gasteiger partial charge in [0.2, 0.25) is 5.91 Å². The molecule has 1 N–H and O–H groups in total. The predicted molar refractivity (Wildman–Crippen MR) is 125 cm³/mol. The number of benzene rings is 2. The lowest BCUT2D eigenvalue weighted by molar-refractivity contribution is -0.168. The van der Waals surface area contributed by atoms with Crippen molar-refractivity contribution in [2.24, 2.45) is 11.8 Å². The number of hydrogen-bond acceptors (Lipinski definition) is 4. The quantitative estimate of drug-likeness (QED) is 0.512. The molecule has 8 heteroatoms. The molecule has 2 heterocycles. The maximum Gasteiger partial charge on any atom is 0.393 e. The Labute approximate surface area is 196 Å².